The summed E-state index contributed by atoms with van der Waals surface area (Å²) in [4.78, 5) is 33.6. The summed E-state index contributed by atoms with van der Waals surface area (Å²) in [6, 6.07) is -1.59. The van der Waals surface area contributed by atoms with Gasteiger partial charge >= 0.3 is 12.1 Å². The quantitative estimate of drug-likeness (QED) is 0.585. The molecule has 0 aliphatic carbocycles. The van der Waals surface area contributed by atoms with Crippen molar-refractivity contribution in [2.75, 3.05) is 6.54 Å². The molecule has 1 unspecified atom stereocenters. The molecule has 1 aliphatic rings. The molecule has 1 rings (SSSR count). The van der Waals surface area contributed by atoms with E-state index in [4.69, 9.17) is 15.9 Å². The predicted molar refractivity (Wildman–Crippen MR) is 53.0 cm³/mol. The second-order valence-electron chi connectivity index (χ2n) is 3.72. The SMILES string of the molecule is N[C@@H](CCC(=O)O)C(=O)C1CCN1C(=O)O. The maximum Gasteiger partial charge on any atom is 0.407 e. The van der Waals surface area contributed by atoms with Gasteiger partial charge in [-0.25, -0.2) is 4.79 Å². The molecule has 1 heterocycles. The number of aliphatic carboxylic acids is 1. The fourth-order valence-electron chi connectivity index (χ4n) is 1.58. The number of carbonyl (C=O) groups excluding carboxylic acids is 1. The third kappa shape index (κ3) is 2.69. The second-order valence-corrected chi connectivity index (χ2v) is 3.72. The van der Waals surface area contributed by atoms with Crippen LogP contribution in [0.15, 0.2) is 0 Å². The maximum absolute atomic E-state index is 11.6. The molecule has 1 amide bonds. The molecule has 0 aromatic heterocycles. The zero-order valence-corrected chi connectivity index (χ0v) is 8.63. The van der Waals surface area contributed by atoms with Crippen molar-refractivity contribution in [2.24, 2.45) is 5.73 Å². The number of Topliss-reactive ketones (excluding diaryl/α,β-unsaturated/α-hetero) is 1. The molecule has 1 aliphatic heterocycles. The van der Waals surface area contributed by atoms with E-state index in [-0.39, 0.29) is 12.8 Å². The third-order valence-electron chi connectivity index (χ3n) is 2.63. The molecule has 0 bridgehead atoms. The standard InChI is InChI=1S/C9H14N2O5/c10-5(1-2-7(12)13)8(14)6-3-4-11(6)9(15)16/h5-6H,1-4,10H2,(H,12,13)(H,15,16)/t5-,6?/m0/s1. The molecule has 0 aromatic carbocycles. The largest absolute Gasteiger partial charge is 0.481 e. The van der Waals surface area contributed by atoms with E-state index >= 15 is 0 Å². The highest BCUT2D eigenvalue weighted by Gasteiger charge is 2.39. The molecular formula is C9H14N2O5. The minimum Gasteiger partial charge on any atom is -0.481 e. The number of nitrogens with zero attached hydrogens (tertiary/aromatic N) is 1. The molecule has 4 N–H and O–H groups in total. The molecule has 7 nitrogen and oxygen atoms in total. The smallest absolute Gasteiger partial charge is 0.407 e. The van der Waals surface area contributed by atoms with E-state index in [0.717, 1.165) is 4.90 Å². The molecule has 0 saturated carbocycles. The molecule has 2 atom stereocenters. The fraction of sp³-hybridized carbons (Fsp3) is 0.667. The normalized spacial score (nSPS) is 21.1. The van der Waals surface area contributed by atoms with Gasteiger partial charge in [-0.2, -0.15) is 0 Å². The zero-order valence-electron chi connectivity index (χ0n) is 8.63. The molecule has 0 radical (unpaired) electrons. The highest BCUT2D eigenvalue weighted by molar-refractivity contribution is 5.92. The van der Waals surface area contributed by atoms with Crippen molar-refractivity contribution >= 4 is 17.8 Å². The topological polar surface area (TPSA) is 121 Å². The van der Waals surface area contributed by atoms with E-state index in [2.05, 4.69) is 0 Å². The Kier molecular flexibility index (Phi) is 3.83. The zero-order chi connectivity index (χ0) is 12.3. The number of rotatable bonds is 5. The lowest BCUT2D eigenvalue weighted by Gasteiger charge is -2.38. The van der Waals surface area contributed by atoms with Gasteiger partial charge in [0.2, 0.25) is 0 Å². The monoisotopic (exact) mass is 230 g/mol. The van der Waals surface area contributed by atoms with Crippen molar-refractivity contribution in [1.29, 1.82) is 0 Å². The first-order chi connectivity index (χ1) is 7.43. The number of ketones is 1. The van der Waals surface area contributed by atoms with Crippen molar-refractivity contribution in [1.82, 2.24) is 4.90 Å². The summed E-state index contributed by atoms with van der Waals surface area (Å²) in [5, 5.41) is 17.1. The van der Waals surface area contributed by atoms with Crippen LogP contribution in [0.25, 0.3) is 0 Å². The van der Waals surface area contributed by atoms with Crippen LogP contribution in [-0.2, 0) is 9.59 Å². The molecule has 0 spiro atoms. The van der Waals surface area contributed by atoms with E-state index < -0.39 is 29.9 Å². The van der Waals surface area contributed by atoms with Crippen LogP contribution < -0.4 is 5.73 Å². The third-order valence-corrected chi connectivity index (χ3v) is 2.63. The van der Waals surface area contributed by atoms with E-state index in [0.29, 0.717) is 13.0 Å². The number of hydrogen-bond acceptors (Lipinski definition) is 4. The van der Waals surface area contributed by atoms with E-state index in [9.17, 15) is 14.4 Å². The highest BCUT2D eigenvalue weighted by atomic mass is 16.4. The number of hydrogen-bond donors (Lipinski definition) is 3. The van der Waals surface area contributed by atoms with Crippen LogP contribution in [0.3, 0.4) is 0 Å². The summed E-state index contributed by atoms with van der Waals surface area (Å²) in [5.74, 6) is -1.41. The van der Waals surface area contributed by atoms with Crippen molar-refractivity contribution in [3.05, 3.63) is 0 Å². The Morgan fingerprint density at radius 3 is 2.38 bits per heavy atom. The average Bonchev–Trinajstić information content (AvgIpc) is 2.10. The first kappa shape index (κ1) is 12.4. The van der Waals surface area contributed by atoms with Gasteiger partial charge < -0.3 is 15.9 Å². The van der Waals surface area contributed by atoms with Crippen LogP contribution in [0, 0.1) is 0 Å². The van der Waals surface area contributed by atoms with Gasteiger partial charge in [-0.3, -0.25) is 14.5 Å². The Bertz CT molecular complexity index is 317. The van der Waals surface area contributed by atoms with Crippen molar-refractivity contribution < 1.29 is 24.6 Å². The summed E-state index contributed by atoms with van der Waals surface area (Å²) in [7, 11) is 0. The van der Waals surface area contributed by atoms with Gasteiger partial charge in [-0.15, -0.1) is 0 Å². The number of carboxylic acid groups (broad SMARTS) is 2. The number of carboxylic acids is 1. The number of carbonyl (C=O) groups is 3. The Morgan fingerprint density at radius 2 is 2.00 bits per heavy atom. The molecular weight excluding hydrogens is 216 g/mol. The van der Waals surface area contributed by atoms with Gasteiger partial charge in [-0.1, -0.05) is 0 Å². The Labute approximate surface area is 91.8 Å². The number of amides is 1. The lowest BCUT2D eigenvalue weighted by Crippen LogP contribution is -2.58. The van der Waals surface area contributed by atoms with Crippen molar-refractivity contribution in [3.8, 4) is 0 Å². The van der Waals surface area contributed by atoms with Crippen LogP contribution in [0.1, 0.15) is 19.3 Å². The Morgan fingerprint density at radius 1 is 1.38 bits per heavy atom. The summed E-state index contributed by atoms with van der Waals surface area (Å²) in [5.41, 5.74) is 5.51. The Balaban J connectivity index is 2.45. The lowest BCUT2D eigenvalue weighted by molar-refractivity contribution is -0.137. The van der Waals surface area contributed by atoms with Crippen molar-refractivity contribution in [3.63, 3.8) is 0 Å². The molecule has 1 fully saturated rings. The summed E-state index contributed by atoms with van der Waals surface area (Å²) < 4.78 is 0. The molecule has 0 aromatic rings. The van der Waals surface area contributed by atoms with Crippen LogP contribution in [0.5, 0.6) is 0 Å². The highest BCUT2D eigenvalue weighted by Crippen LogP contribution is 2.19. The minimum absolute atomic E-state index is 0.0398. The molecule has 16 heavy (non-hydrogen) atoms. The summed E-state index contributed by atoms with van der Waals surface area (Å²) in [6.07, 6.45) is -0.827. The van der Waals surface area contributed by atoms with Crippen molar-refractivity contribution in [2.45, 2.75) is 31.3 Å². The van der Waals surface area contributed by atoms with E-state index in [1.807, 2.05) is 0 Å². The molecule has 7 heteroatoms. The van der Waals surface area contributed by atoms with Gasteiger partial charge in [-0.05, 0) is 12.8 Å². The minimum atomic E-state index is -1.14. The summed E-state index contributed by atoms with van der Waals surface area (Å²) >= 11 is 0. The maximum atomic E-state index is 11.6. The second kappa shape index (κ2) is 4.93. The van der Waals surface area contributed by atoms with Crippen LogP contribution in [-0.4, -0.2) is 51.6 Å². The summed E-state index contributed by atoms with van der Waals surface area (Å²) in [6.45, 7) is 0.331. The number of nitrogens with two attached hydrogens (primary N) is 1. The molecule has 90 valence electrons. The van der Waals surface area contributed by atoms with Crippen LogP contribution >= 0.6 is 0 Å². The van der Waals surface area contributed by atoms with Gasteiger partial charge in [0.25, 0.3) is 0 Å². The average molecular weight is 230 g/mol. The van der Waals surface area contributed by atoms with Crippen LogP contribution in [0.2, 0.25) is 0 Å². The fourth-order valence-corrected chi connectivity index (χ4v) is 1.58. The van der Waals surface area contributed by atoms with Crippen LogP contribution in [0.4, 0.5) is 4.79 Å². The predicted octanol–water partition coefficient (Wildman–Crippen LogP) is -0.500. The number of likely N-dealkylation sites (tertiary alicyclic amines) is 1. The van der Waals surface area contributed by atoms with Gasteiger partial charge in [0.05, 0.1) is 12.1 Å². The van der Waals surface area contributed by atoms with E-state index in [1.54, 1.807) is 0 Å². The first-order valence-corrected chi connectivity index (χ1v) is 4.94. The molecule has 1 saturated heterocycles. The van der Waals surface area contributed by atoms with E-state index in [1.165, 1.54) is 0 Å². The van der Waals surface area contributed by atoms with Gasteiger partial charge in [0.1, 0.15) is 0 Å². The lowest BCUT2D eigenvalue weighted by atomic mass is 9.93. The Hall–Kier alpha value is -1.63. The van der Waals surface area contributed by atoms with Gasteiger partial charge in [0, 0.05) is 13.0 Å². The first-order valence-electron chi connectivity index (χ1n) is 4.94. The van der Waals surface area contributed by atoms with Gasteiger partial charge in [0.15, 0.2) is 5.78 Å².